The van der Waals surface area contributed by atoms with Crippen LogP contribution < -0.4 is 4.72 Å². The van der Waals surface area contributed by atoms with Gasteiger partial charge in [-0.25, -0.2) is 21.6 Å². The highest BCUT2D eigenvalue weighted by Gasteiger charge is 2.13. The molecule has 1 rings (SSSR count). The Kier molecular flexibility index (Phi) is 4.71. The average Bonchev–Trinajstić information content (AvgIpc) is 2.25. The summed E-state index contributed by atoms with van der Waals surface area (Å²) in [5.41, 5.74) is 0.677. The van der Waals surface area contributed by atoms with E-state index in [-0.39, 0.29) is 12.3 Å². The molecule has 2 N–H and O–H groups in total. The van der Waals surface area contributed by atoms with Gasteiger partial charge >= 0.3 is 0 Å². The molecule has 0 aliphatic heterocycles. The van der Waals surface area contributed by atoms with E-state index in [1.165, 1.54) is 12.1 Å². The van der Waals surface area contributed by atoms with Crippen molar-refractivity contribution in [3.8, 4) is 5.75 Å². The van der Waals surface area contributed by atoms with Gasteiger partial charge in [0.15, 0.2) is 0 Å². The summed E-state index contributed by atoms with van der Waals surface area (Å²) < 4.78 is 47.0. The van der Waals surface area contributed by atoms with E-state index in [1.807, 2.05) is 0 Å². The Bertz CT molecular complexity index is 590. The van der Waals surface area contributed by atoms with Gasteiger partial charge in [-0.05, 0) is 17.7 Å². The van der Waals surface area contributed by atoms with Crippen molar-refractivity contribution < 1.29 is 21.9 Å². The van der Waals surface area contributed by atoms with E-state index >= 15 is 0 Å². The standard InChI is InChI=1S/C10H15NO5S2/c1-17(13,14)6-7-18(15,16)11-8-9-2-4-10(12)5-3-9/h2-5,11-12H,6-8H2,1H3. The van der Waals surface area contributed by atoms with Crippen LogP contribution in [0.15, 0.2) is 24.3 Å². The quantitative estimate of drug-likeness (QED) is 0.760. The van der Waals surface area contributed by atoms with E-state index in [9.17, 15) is 16.8 Å². The third kappa shape index (κ3) is 5.99. The molecule has 0 aliphatic rings. The average molecular weight is 293 g/mol. The van der Waals surface area contributed by atoms with Crippen molar-refractivity contribution in [3.05, 3.63) is 29.8 Å². The van der Waals surface area contributed by atoms with Gasteiger partial charge in [0.05, 0.1) is 11.5 Å². The highest BCUT2D eigenvalue weighted by Crippen LogP contribution is 2.09. The summed E-state index contributed by atoms with van der Waals surface area (Å²) in [6.07, 6.45) is 0.989. The smallest absolute Gasteiger partial charge is 0.212 e. The zero-order chi connectivity index (χ0) is 13.8. The zero-order valence-electron chi connectivity index (χ0n) is 9.83. The third-order valence-corrected chi connectivity index (χ3v) is 4.69. The molecule has 0 amide bonds. The monoisotopic (exact) mass is 293 g/mol. The summed E-state index contributed by atoms with van der Waals surface area (Å²) in [5, 5.41) is 9.05. The summed E-state index contributed by atoms with van der Waals surface area (Å²) >= 11 is 0. The SMILES string of the molecule is CS(=O)(=O)CCS(=O)(=O)NCc1ccc(O)cc1. The fraction of sp³-hybridized carbons (Fsp3) is 0.400. The molecule has 0 fully saturated rings. The van der Waals surface area contributed by atoms with Crippen molar-refractivity contribution in [2.45, 2.75) is 6.54 Å². The van der Waals surface area contributed by atoms with Crippen molar-refractivity contribution in [1.29, 1.82) is 0 Å². The molecule has 0 heterocycles. The van der Waals surface area contributed by atoms with Crippen LogP contribution in [-0.2, 0) is 26.4 Å². The van der Waals surface area contributed by atoms with Gasteiger partial charge in [0, 0.05) is 12.8 Å². The van der Waals surface area contributed by atoms with Gasteiger partial charge in [0.2, 0.25) is 10.0 Å². The molecule has 1 aromatic rings. The molecule has 0 saturated carbocycles. The molecule has 0 saturated heterocycles. The van der Waals surface area contributed by atoms with Crippen LogP contribution in [0.2, 0.25) is 0 Å². The first-order valence-corrected chi connectivity index (χ1v) is 8.82. The Morgan fingerprint density at radius 2 is 1.61 bits per heavy atom. The lowest BCUT2D eigenvalue weighted by atomic mass is 10.2. The minimum Gasteiger partial charge on any atom is -0.508 e. The van der Waals surface area contributed by atoms with Crippen LogP contribution in [0, 0.1) is 0 Å². The molecule has 0 atom stereocenters. The fourth-order valence-electron chi connectivity index (χ4n) is 1.14. The number of phenols is 1. The molecule has 0 aliphatic carbocycles. The van der Waals surface area contributed by atoms with Gasteiger partial charge in [0.25, 0.3) is 0 Å². The van der Waals surface area contributed by atoms with Gasteiger partial charge < -0.3 is 5.11 Å². The summed E-state index contributed by atoms with van der Waals surface area (Å²) in [6.45, 7) is 0.0619. The molecule has 0 spiro atoms. The Labute approximate surface area is 107 Å². The number of sulfonamides is 1. The Hall–Kier alpha value is -1.12. The van der Waals surface area contributed by atoms with Gasteiger partial charge in [-0.2, -0.15) is 0 Å². The molecule has 18 heavy (non-hydrogen) atoms. The molecule has 0 bridgehead atoms. The fourth-order valence-corrected chi connectivity index (χ4v) is 3.76. The maximum atomic E-state index is 11.5. The first-order valence-electron chi connectivity index (χ1n) is 5.11. The van der Waals surface area contributed by atoms with Crippen molar-refractivity contribution in [1.82, 2.24) is 4.72 Å². The second-order valence-corrected chi connectivity index (χ2v) is 8.12. The number of sulfone groups is 1. The van der Waals surface area contributed by atoms with Gasteiger partial charge in [0.1, 0.15) is 15.6 Å². The van der Waals surface area contributed by atoms with Crippen LogP contribution in [0.4, 0.5) is 0 Å². The number of hydrogen-bond donors (Lipinski definition) is 2. The maximum Gasteiger partial charge on any atom is 0.212 e. The predicted octanol–water partition coefficient (Wildman–Crippen LogP) is -0.144. The molecule has 1 aromatic carbocycles. The highest BCUT2D eigenvalue weighted by atomic mass is 32.2. The van der Waals surface area contributed by atoms with E-state index in [0.717, 1.165) is 6.26 Å². The zero-order valence-corrected chi connectivity index (χ0v) is 11.5. The summed E-state index contributed by atoms with van der Waals surface area (Å²) in [7, 11) is -6.91. The van der Waals surface area contributed by atoms with Crippen molar-refractivity contribution in [2.75, 3.05) is 17.8 Å². The Balaban J connectivity index is 2.54. The van der Waals surface area contributed by atoms with Crippen LogP contribution in [0.25, 0.3) is 0 Å². The molecular formula is C10H15NO5S2. The lowest BCUT2D eigenvalue weighted by Crippen LogP contribution is -2.29. The van der Waals surface area contributed by atoms with E-state index in [2.05, 4.69) is 4.72 Å². The number of rotatable bonds is 6. The van der Waals surface area contributed by atoms with Gasteiger partial charge in [-0.15, -0.1) is 0 Å². The Morgan fingerprint density at radius 1 is 1.06 bits per heavy atom. The first kappa shape index (κ1) is 14.9. The second kappa shape index (κ2) is 5.68. The van der Waals surface area contributed by atoms with Gasteiger partial charge in [-0.1, -0.05) is 12.1 Å². The number of nitrogens with one attached hydrogen (secondary N) is 1. The summed E-state index contributed by atoms with van der Waals surface area (Å²) in [5.74, 6) is -0.763. The van der Waals surface area contributed by atoms with Crippen LogP contribution in [0.3, 0.4) is 0 Å². The lowest BCUT2D eigenvalue weighted by molar-refractivity contribution is 0.475. The minimum absolute atomic E-state index is 0.0619. The van der Waals surface area contributed by atoms with Crippen LogP contribution in [0.1, 0.15) is 5.56 Å². The highest BCUT2D eigenvalue weighted by molar-refractivity contribution is 7.93. The van der Waals surface area contributed by atoms with Gasteiger partial charge in [-0.3, -0.25) is 0 Å². The van der Waals surface area contributed by atoms with Crippen LogP contribution in [-0.4, -0.2) is 39.7 Å². The number of hydrogen-bond acceptors (Lipinski definition) is 5. The van der Waals surface area contributed by atoms with E-state index < -0.39 is 31.4 Å². The van der Waals surface area contributed by atoms with Crippen molar-refractivity contribution in [2.24, 2.45) is 0 Å². The van der Waals surface area contributed by atoms with E-state index in [1.54, 1.807) is 12.1 Å². The number of phenolic OH excluding ortho intramolecular Hbond substituents is 1. The molecule has 6 nitrogen and oxygen atoms in total. The molecule has 8 heteroatoms. The molecule has 0 unspecified atom stereocenters. The topological polar surface area (TPSA) is 101 Å². The second-order valence-electron chi connectivity index (χ2n) is 3.94. The molecule has 0 aromatic heterocycles. The summed E-state index contributed by atoms with van der Waals surface area (Å²) in [6, 6.07) is 6.04. The molecular weight excluding hydrogens is 278 g/mol. The molecule has 0 radical (unpaired) electrons. The predicted molar refractivity (Wildman–Crippen MR) is 68.4 cm³/mol. The summed E-state index contributed by atoms with van der Waals surface area (Å²) in [4.78, 5) is 0. The Morgan fingerprint density at radius 3 is 2.11 bits per heavy atom. The maximum absolute atomic E-state index is 11.5. The van der Waals surface area contributed by atoms with Crippen molar-refractivity contribution in [3.63, 3.8) is 0 Å². The van der Waals surface area contributed by atoms with E-state index in [4.69, 9.17) is 5.11 Å². The number of benzene rings is 1. The normalized spacial score (nSPS) is 12.5. The molecule has 102 valence electrons. The lowest BCUT2D eigenvalue weighted by Gasteiger charge is -2.06. The minimum atomic E-state index is -3.61. The first-order chi connectivity index (χ1) is 8.18. The third-order valence-electron chi connectivity index (χ3n) is 2.16. The van der Waals surface area contributed by atoms with Crippen molar-refractivity contribution >= 4 is 19.9 Å². The largest absolute Gasteiger partial charge is 0.508 e. The number of aromatic hydroxyl groups is 1. The van der Waals surface area contributed by atoms with Crippen LogP contribution >= 0.6 is 0 Å². The van der Waals surface area contributed by atoms with Crippen LogP contribution in [0.5, 0.6) is 5.75 Å². The van der Waals surface area contributed by atoms with E-state index in [0.29, 0.717) is 5.56 Å².